The molecule has 22 heavy (non-hydrogen) atoms. The van der Waals surface area contributed by atoms with Gasteiger partial charge in [-0.25, -0.2) is 4.98 Å². The molecule has 7 heteroatoms. The quantitative estimate of drug-likeness (QED) is 0.853. The topological polar surface area (TPSA) is 28.2 Å². The number of anilines is 1. The van der Waals surface area contributed by atoms with Gasteiger partial charge in [-0.2, -0.15) is 13.2 Å². The Bertz CT molecular complexity index is 523. The van der Waals surface area contributed by atoms with E-state index in [1.807, 2.05) is 4.90 Å². The monoisotopic (exact) mass is 335 g/mol. The average Bonchev–Trinajstić information content (AvgIpc) is 2.87. The number of halogens is 4. The van der Waals surface area contributed by atoms with Gasteiger partial charge in [-0.3, -0.25) is 0 Å². The summed E-state index contributed by atoms with van der Waals surface area (Å²) >= 11 is 0. The van der Waals surface area contributed by atoms with Crippen molar-refractivity contribution in [3.63, 3.8) is 0 Å². The number of piperidine rings is 1. The maximum absolute atomic E-state index is 12.8. The second-order valence-corrected chi connectivity index (χ2v) is 6.29. The highest BCUT2D eigenvalue weighted by Gasteiger charge is 2.44. The summed E-state index contributed by atoms with van der Waals surface area (Å²) in [5, 5.41) is 3.39. The minimum atomic E-state index is -4.31. The van der Waals surface area contributed by atoms with Crippen molar-refractivity contribution < 1.29 is 13.2 Å². The Hall–Kier alpha value is -1.01. The summed E-state index contributed by atoms with van der Waals surface area (Å²) in [7, 11) is 0. The highest BCUT2D eigenvalue weighted by molar-refractivity contribution is 5.85. The van der Waals surface area contributed by atoms with Crippen LogP contribution in [0.15, 0.2) is 18.3 Å². The fourth-order valence-corrected chi connectivity index (χ4v) is 3.58. The van der Waals surface area contributed by atoms with Crippen LogP contribution in [0.1, 0.15) is 25.3 Å². The van der Waals surface area contributed by atoms with Gasteiger partial charge >= 0.3 is 6.18 Å². The van der Waals surface area contributed by atoms with Crippen molar-refractivity contribution in [1.29, 1.82) is 0 Å². The van der Waals surface area contributed by atoms with E-state index >= 15 is 0 Å². The molecule has 1 N–H and O–H groups in total. The van der Waals surface area contributed by atoms with Crippen LogP contribution in [-0.4, -0.2) is 31.2 Å². The third kappa shape index (κ3) is 3.18. The van der Waals surface area contributed by atoms with Crippen LogP contribution >= 0.6 is 12.4 Å². The van der Waals surface area contributed by atoms with Gasteiger partial charge in [0.15, 0.2) is 0 Å². The normalized spacial score (nSPS) is 28.7. The van der Waals surface area contributed by atoms with Gasteiger partial charge in [-0.05, 0) is 49.4 Å². The van der Waals surface area contributed by atoms with Crippen molar-refractivity contribution in [2.24, 2.45) is 11.3 Å². The molecule has 0 saturated carbocycles. The van der Waals surface area contributed by atoms with E-state index < -0.39 is 11.7 Å². The Kier molecular flexibility index (Phi) is 4.92. The van der Waals surface area contributed by atoms with Crippen LogP contribution in [0.4, 0.5) is 19.0 Å². The second kappa shape index (κ2) is 6.24. The van der Waals surface area contributed by atoms with E-state index in [1.165, 1.54) is 12.3 Å². The molecule has 2 aliphatic heterocycles. The van der Waals surface area contributed by atoms with Gasteiger partial charge in [-0.1, -0.05) is 6.92 Å². The van der Waals surface area contributed by atoms with E-state index in [4.69, 9.17) is 0 Å². The Balaban J connectivity index is 0.00000176. The first-order valence-corrected chi connectivity index (χ1v) is 7.40. The summed E-state index contributed by atoms with van der Waals surface area (Å²) in [6.45, 7) is 5.82. The zero-order valence-electron chi connectivity index (χ0n) is 12.5. The standard InChI is InChI=1S/C15H20F3N3.ClH/c1-11-9-19-6-3-14(11)4-7-21(10-14)13-8-12(2-5-20-13)15(16,17)18;/h2,5,8,11,19H,3-4,6-7,9-10H2,1H3;1H. The lowest BCUT2D eigenvalue weighted by Crippen LogP contribution is -2.45. The zero-order valence-corrected chi connectivity index (χ0v) is 13.3. The molecule has 3 nitrogen and oxygen atoms in total. The molecule has 0 aromatic carbocycles. The lowest BCUT2D eigenvalue weighted by atomic mass is 9.71. The highest BCUT2D eigenvalue weighted by Crippen LogP contribution is 2.43. The maximum Gasteiger partial charge on any atom is 0.416 e. The fraction of sp³-hybridized carbons (Fsp3) is 0.667. The molecule has 2 unspecified atom stereocenters. The van der Waals surface area contributed by atoms with E-state index in [9.17, 15) is 13.2 Å². The zero-order chi connectivity index (χ0) is 15.1. The number of pyridine rings is 1. The maximum atomic E-state index is 12.8. The van der Waals surface area contributed by atoms with E-state index in [0.717, 1.165) is 45.1 Å². The predicted molar refractivity (Wildman–Crippen MR) is 82.4 cm³/mol. The van der Waals surface area contributed by atoms with Gasteiger partial charge in [0, 0.05) is 19.3 Å². The van der Waals surface area contributed by atoms with Gasteiger partial charge in [0.25, 0.3) is 0 Å². The molecule has 1 aromatic rings. The third-order valence-corrected chi connectivity index (χ3v) is 5.08. The van der Waals surface area contributed by atoms with Crippen LogP contribution in [-0.2, 0) is 6.18 Å². The van der Waals surface area contributed by atoms with Crippen molar-refractivity contribution in [2.75, 3.05) is 31.1 Å². The first-order chi connectivity index (χ1) is 9.91. The molecule has 0 bridgehead atoms. The number of rotatable bonds is 1. The molecule has 1 spiro atoms. The molecule has 0 radical (unpaired) electrons. The molecule has 1 aromatic heterocycles. The molecule has 124 valence electrons. The van der Waals surface area contributed by atoms with Crippen LogP contribution in [0.3, 0.4) is 0 Å². The molecule has 0 amide bonds. The lowest BCUT2D eigenvalue weighted by Gasteiger charge is -2.40. The van der Waals surface area contributed by atoms with Gasteiger partial charge in [0.2, 0.25) is 0 Å². The van der Waals surface area contributed by atoms with Crippen molar-refractivity contribution in [2.45, 2.75) is 25.9 Å². The van der Waals surface area contributed by atoms with Crippen molar-refractivity contribution in [3.05, 3.63) is 23.9 Å². The largest absolute Gasteiger partial charge is 0.416 e. The molecular formula is C15H21ClF3N3. The van der Waals surface area contributed by atoms with E-state index in [1.54, 1.807) is 0 Å². The van der Waals surface area contributed by atoms with Crippen molar-refractivity contribution >= 4 is 18.2 Å². The minimum absolute atomic E-state index is 0. The molecule has 2 saturated heterocycles. The molecular weight excluding hydrogens is 315 g/mol. The van der Waals surface area contributed by atoms with Gasteiger partial charge in [0.1, 0.15) is 5.82 Å². The smallest absolute Gasteiger partial charge is 0.356 e. The van der Waals surface area contributed by atoms with Crippen LogP contribution in [0, 0.1) is 11.3 Å². The number of nitrogens with one attached hydrogen (secondary N) is 1. The second-order valence-electron chi connectivity index (χ2n) is 6.29. The number of alkyl halides is 3. The third-order valence-electron chi connectivity index (χ3n) is 5.08. The minimum Gasteiger partial charge on any atom is -0.356 e. The average molecular weight is 336 g/mol. The van der Waals surface area contributed by atoms with Gasteiger partial charge < -0.3 is 10.2 Å². The predicted octanol–water partition coefficient (Wildman–Crippen LogP) is 3.35. The molecule has 2 aliphatic rings. The van der Waals surface area contributed by atoms with Crippen LogP contribution in [0.2, 0.25) is 0 Å². The molecule has 3 rings (SSSR count). The Labute approximate surface area is 134 Å². The van der Waals surface area contributed by atoms with Gasteiger partial charge in [0.05, 0.1) is 5.56 Å². The fourth-order valence-electron chi connectivity index (χ4n) is 3.58. The number of hydrogen-bond acceptors (Lipinski definition) is 3. The first kappa shape index (κ1) is 17.3. The number of hydrogen-bond donors (Lipinski definition) is 1. The SMILES string of the molecule is CC1CNCCC12CCN(c1cc(C(F)(F)F)ccn1)C2.Cl. The van der Waals surface area contributed by atoms with Crippen molar-refractivity contribution in [3.8, 4) is 0 Å². The summed E-state index contributed by atoms with van der Waals surface area (Å²) in [6.07, 6.45) is -0.927. The van der Waals surface area contributed by atoms with E-state index in [2.05, 4.69) is 17.2 Å². The Morgan fingerprint density at radius 3 is 2.82 bits per heavy atom. The van der Waals surface area contributed by atoms with Gasteiger partial charge in [-0.15, -0.1) is 12.4 Å². The molecule has 0 aliphatic carbocycles. The van der Waals surface area contributed by atoms with Crippen LogP contribution < -0.4 is 10.2 Å². The lowest BCUT2D eigenvalue weighted by molar-refractivity contribution is -0.137. The Morgan fingerprint density at radius 2 is 2.14 bits per heavy atom. The molecule has 2 atom stereocenters. The summed E-state index contributed by atoms with van der Waals surface area (Å²) in [5.74, 6) is 0.995. The highest BCUT2D eigenvalue weighted by atomic mass is 35.5. The molecule has 3 heterocycles. The Morgan fingerprint density at radius 1 is 1.36 bits per heavy atom. The summed E-state index contributed by atoms with van der Waals surface area (Å²) in [6, 6.07) is 2.20. The molecule has 2 fully saturated rings. The number of aromatic nitrogens is 1. The van der Waals surface area contributed by atoms with E-state index in [-0.39, 0.29) is 17.8 Å². The summed E-state index contributed by atoms with van der Waals surface area (Å²) in [5.41, 5.74) is -0.395. The number of nitrogens with zero attached hydrogens (tertiary/aromatic N) is 2. The van der Waals surface area contributed by atoms with Crippen LogP contribution in [0.25, 0.3) is 0 Å². The first-order valence-electron chi connectivity index (χ1n) is 7.40. The van der Waals surface area contributed by atoms with E-state index in [0.29, 0.717) is 11.7 Å². The summed E-state index contributed by atoms with van der Waals surface area (Å²) in [4.78, 5) is 6.16. The van der Waals surface area contributed by atoms with Crippen molar-refractivity contribution in [1.82, 2.24) is 10.3 Å². The van der Waals surface area contributed by atoms with Crippen LogP contribution in [0.5, 0.6) is 0 Å². The summed E-state index contributed by atoms with van der Waals surface area (Å²) < 4.78 is 38.4.